The quantitative estimate of drug-likeness (QED) is 0.0818. The molecule has 1 unspecified atom stereocenters. The minimum atomic E-state index is -1.55. The molecule has 3 heterocycles. The number of benzene rings is 1. The number of anilines is 2. The molecule has 0 radical (unpaired) electrons. The van der Waals surface area contributed by atoms with E-state index in [2.05, 4.69) is 30.6 Å². The van der Waals surface area contributed by atoms with Gasteiger partial charge in [0.2, 0.25) is 11.9 Å². The summed E-state index contributed by atoms with van der Waals surface area (Å²) in [7, 11) is 0. The van der Waals surface area contributed by atoms with Crippen molar-refractivity contribution in [1.82, 2.24) is 30.2 Å². The molecule has 0 aliphatic carbocycles. The number of aliphatic carboxylic acids is 1. The number of ether oxygens (including phenoxy) is 2. The van der Waals surface area contributed by atoms with Crippen molar-refractivity contribution in [3.05, 3.63) is 64.2 Å². The van der Waals surface area contributed by atoms with Crippen molar-refractivity contribution in [2.45, 2.75) is 25.5 Å². The van der Waals surface area contributed by atoms with Crippen molar-refractivity contribution in [2.24, 2.45) is 0 Å². The molecule has 3 amide bonds. The van der Waals surface area contributed by atoms with Crippen molar-refractivity contribution in [1.29, 1.82) is 0 Å². The first-order valence-electron chi connectivity index (χ1n) is 13.3. The van der Waals surface area contributed by atoms with Crippen molar-refractivity contribution in [3.63, 3.8) is 0 Å². The van der Waals surface area contributed by atoms with E-state index in [4.69, 9.17) is 15.2 Å². The number of carboxylic acids is 1. The van der Waals surface area contributed by atoms with Gasteiger partial charge in [-0.15, -0.1) is 0 Å². The lowest BCUT2D eigenvalue weighted by atomic mass is 10.1. The standard InChI is InChI=1S/C27H28N8O9/c28-27-33-23-22(24(39)34-27)32-17(14-31-23)13-30-16-3-1-15(2-4-16)26(42)44-18(25(40)41)5-6-19(36)29-9-11-43-12-10-35-20(37)7-8-21(35)38/h1-4,7-8,14,18,30H,5-6,9-13H2,(H,29,36)(H,40,41)(H3,28,31,33,34,39). The molecule has 230 valence electrons. The predicted molar refractivity (Wildman–Crippen MR) is 152 cm³/mol. The van der Waals surface area contributed by atoms with E-state index in [0.29, 0.717) is 11.4 Å². The molecule has 0 saturated carbocycles. The highest BCUT2D eigenvalue weighted by atomic mass is 16.6. The molecule has 0 saturated heterocycles. The van der Waals surface area contributed by atoms with Gasteiger partial charge in [0, 0.05) is 37.2 Å². The third-order valence-electron chi connectivity index (χ3n) is 6.17. The zero-order chi connectivity index (χ0) is 31.6. The molecule has 0 fully saturated rings. The molecule has 17 nitrogen and oxygen atoms in total. The third kappa shape index (κ3) is 8.41. The van der Waals surface area contributed by atoms with Gasteiger partial charge in [-0.1, -0.05) is 0 Å². The van der Waals surface area contributed by atoms with Crippen LogP contribution in [0.3, 0.4) is 0 Å². The summed E-state index contributed by atoms with van der Waals surface area (Å²) in [5.41, 5.74) is 6.28. The van der Waals surface area contributed by atoms with Gasteiger partial charge in [0.05, 0.1) is 43.8 Å². The second-order valence-corrected chi connectivity index (χ2v) is 9.31. The van der Waals surface area contributed by atoms with Gasteiger partial charge in [0.15, 0.2) is 17.3 Å². The fourth-order valence-electron chi connectivity index (χ4n) is 3.93. The molecule has 0 bridgehead atoms. The number of amides is 3. The molecule has 1 aliphatic heterocycles. The number of esters is 1. The van der Waals surface area contributed by atoms with Crippen LogP contribution in [-0.2, 0) is 35.2 Å². The number of nitrogens with one attached hydrogen (secondary N) is 3. The van der Waals surface area contributed by atoms with Gasteiger partial charge in [-0.25, -0.2) is 19.6 Å². The van der Waals surface area contributed by atoms with Gasteiger partial charge >= 0.3 is 11.9 Å². The van der Waals surface area contributed by atoms with Crippen LogP contribution in [0.4, 0.5) is 11.6 Å². The number of nitrogens with zero attached hydrogens (tertiary/aromatic N) is 4. The molecule has 3 aromatic rings. The molecule has 6 N–H and O–H groups in total. The highest BCUT2D eigenvalue weighted by Gasteiger charge is 2.24. The molecular weight excluding hydrogens is 580 g/mol. The number of imide groups is 1. The minimum absolute atomic E-state index is 0.0387. The molecule has 2 aromatic heterocycles. The topological polar surface area (TPSA) is 249 Å². The molecule has 17 heteroatoms. The summed E-state index contributed by atoms with van der Waals surface area (Å²) in [5.74, 6) is -3.64. The number of hydrogen-bond donors (Lipinski definition) is 5. The van der Waals surface area contributed by atoms with Crippen LogP contribution < -0.4 is 21.9 Å². The molecule has 1 aliphatic rings. The van der Waals surface area contributed by atoms with E-state index >= 15 is 0 Å². The number of H-pyrrole nitrogens is 1. The lowest BCUT2D eigenvalue weighted by Gasteiger charge is -2.15. The fourth-order valence-corrected chi connectivity index (χ4v) is 3.93. The van der Waals surface area contributed by atoms with Crippen LogP contribution in [-0.4, -0.2) is 92.0 Å². The van der Waals surface area contributed by atoms with Crippen molar-refractivity contribution < 1.29 is 38.6 Å². The monoisotopic (exact) mass is 608 g/mol. The fraction of sp³-hybridized carbons (Fsp3) is 0.296. The molecule has 44 heavy (non-hydrogen) atoms. The average molecular weight is 609 g/mol. The Morgan fingerprint density at radius 3 is 2.48 bits per heavy atom. The summed E-state index contributed by atoms with van der Waals surface area (Å²) in [5, 5.41) is 15.1. The van der Waals surface area contributed by atoms with E-state index in [1.54, 1.807) is 12.1 Å². The van der Waals surface area contributed by atoms with E-state index in [1.165, 1.54) is 30.5 Å². The van der Waals surface area contributed by atoms with Crippen LogP contribution in [0.2, 0.25) is 0 Å². The Labute approximate surface area is 248 Å². The summed E-state index contributed by atoms with van der Waals surface area (Å²) >= 11 is 0. The van der Waals surface area contributed by atoms with Gasteiger partial charge in [0.25, 0.3) is 17.4 Å². The first kappa shape index (κ1) is 31.2. The first-order chi connectivity index (χ1) is 21.1. The average Bonchev–Trinajstić information content (AvgIpc) is 3.32. The molecule has 0 spiro atoms. The number of rotatable bonds is 15. The normalized spacial score (nSPS) is 13.2. The lowest BCUT2D eigenvalue weighted by Crippen LogP contribution is -2.34. The van der Waals surface area contributed by atoms with Crippen molar-refractivity contribution in [2.75, 3.05) is 37.4 Å². The van der Waals surface area contributed by atoms with Crippen LogP contribution >= 0.6 is 0 Å². The zero-order valence-electron chi connectivity index (χ0n) is 23.1. The lowest BCUT2D eigenvalue weighted by molar-refractivity contribution is -0.147. The number of carbonyl (C=O) groups excluding carboxylic acids is 4. The highest BCUT2D eigenvalue weighted by Crippen LogP contribution is 2.14. The highest BCUT2D eigenvalue weighted by molar-refractivity contribution is 6.12. The Balaban J connectivity index is 1.17. The Hall–Kier alpha value is -5.71. The summed E-state index contributed by atoms with van der Waals surface area (Å²) < 4.78 is 10.4. The number of carbonyl (C=O) groups is 5. The van der Waals surface area contributed by atoms with Crippen molar-refractivity contribution >= 4 is 52.5 Å². The third-order valence-corrected chi connectivity index (χ3v) is 6.17. The van der Waals surface area contributed by atoms with Gasteiger partial charge < -0.3 is 30.9 Å². The number of hydrogen-bond acceptors (Lipinski definition) is 13. The smallest absolute Gasteiger partial charge is 0.345 e. The van der Waals surface area contributed by atoms with Crippen molar-refractivity contribution in [3.8, 4) is 0 Å². The summed E-state index contributed by atoms with van der Waals surface area (Å²) in [4.78, 5) is 86.8. The maximum absolute atomic E-state index is 12.5. The second-order valence-electron chi connectivity index (χ2n) is 9.31. The number of aromatic amines is 1. The zero-order valence-corrected chi connectivity index (χ0v) is 23.1. The van der Waals surface area contributed by atoms with Crippen LogP contribution in [0, 0.1) is 0 Å². The molecule has 1 aromatic carbocycles. The van der Waals surface area contributed by atoms with E-state index < -0.39 is 41.3 Å². The predicted octanol–water partition coefficient (Wildman–Crippen LogP) is -0.645. The van der Waals surface area contributed by atoms with Gasteiger partial charge in [-0.3, -0.25) is 29.1 Å². The largest absolute Gasteiger partial charge is 0.479 e. The summed E-state index contributed by atoms with van der Waals surface area (Å²) in [6.45, 7) is 0.611. The maximum Gasteiger partial charge on any atom is 0.345 e. The van der Waals surface area contributed by atoms with E-state index in [1.807, 2.05) is 0 Å². The number of fused-ring (bicyclic) bond motifs is 1. The number of nitrogen functional groups attached to an aromatic ring is 1. The molecular formula is C27H28N8O9. The Morgan fingerprint density at radius 2 is 1.77 bits per heavy atom. The van der Waals surface area contributed by atoms with E-state index in [-0.39, 0.29) is 68.4 Å². The van der Waals surface area contributed by atoms with Crippen LogP contribution in [0.15, 0.2) is 47.4 Å². The van der Waals surface area contributed by atoms with Gasteiger partial charge in [-0.05, 0) is 24.3 Å². The first-order valence-corrected chi connectivity index (χ1v) is 13.3. The number of nitrogens with two attached hydrogens (primary N) is 1. The molecule has 1 atom stereocenters. The second kappa shape index (κ2) is 14.5. The Bertz CT molecular complexity index is 1640. The van der Waals surface area contributed by atoms with Gasteiger partial charge in [-0.2, -0.15) is 4.98 Å². The Morgan fingerprint density at radius 1 is 1.05 bits per heavy atom. The van der Waals surface area contributed by atoms with E-state index in [9.17, 15) is 33.9 Å². The summed E-state index contributed by atoms with van der Waals surface area (Å²) in [6.07, 6.45) is 1.76. The minimum Gasteiger partial charge on any atom is -0.479 e. The van der Waals surface area contributed by atoms with E-state index in [0.717, 1.165) is 4.90 Å². The Kier molecular flexibility index (Phi) is 10.3. The summed E-state index contributed by atoms with van der Waals surface area (Å²) in [6, 6.07) is 6.02. The van der Waals surface area contributed by atoms with Crippen LogP contribution in [0.1, 0.15) is 28.9 Å². The van der Waals surface area contributed by atoms with Gasteiger partial charge in [0.1, 0.15) is 0 Å². The molecule has 4 rings (SSSR count). The number of carboxylic acid groups (broad SMARTS) is 1. The maximum atomic E-state index is 12.5. The van der Waals surface area contributed by atoms with Crippen LogP contribution in [0.25, 0.3) is 11.2 Å². The van der Waals surface area contributed by atoms with Crippen LogP contribution in [0.5, 0.6) is 0 Å². The SMILES string of the molecule is Nc1nc2ncc(CNc3ccc(C(=O)OC(CCC(=O)NCCOCCN4C(=O)C=CC4=O)C(=O)O)cc3)nc2c(=O)[nH]1. The number of aromatic nitrogens is 4.